The fraction of sp³-hybridized carbons (Fsp3) is 0.500. The lowest BCUT2D eigenvalue weighted by molar-refractivity contribution is 0.431. The molecule has 1 aromatic carbocycles. The minimum atomic E-state index is -0.786. The molecule has 1 aromatic heterocycles. The van der Waals surface area contributed by atoms with Gasteiger partial charge in [-0.2, -0.15) is 0 Å². The molecule has 1 unspecified atom stereocenters. The lowest BCUT2D eigenvalue weighted by Crippen LogP contribution is -2.10. The van der Waals surface area contributed by atoms with Gasteiger partial charge in [-0.15, -0.1) is 5.10 Å². The number of anilines is 1. The van der Waals surface area contributed by atoms with Crippen LogP contribution in [0.5, 0.6) is 0 Å². The predicted molar refractivity (Wildman–Crippen MR) is 76.4 cm³/mol. The van der Waals surface area contributed by atoms with Crippen molar-refractivity contribution in [2.75, 3.05) is 5.73 Å². The second kappa shape index (κ2) is 6.60. The number of nitrogens with two attached hydrogens (primary N) is 1. The number of benzene rings is 1. The number of rotatable bonds is 6. The maximum atomic E-state index is 13.9. The summed E-state index contributed by atoms with van der Waals surface area (Å²) in [4.78, 5) is 0. The molecule has 0 saturated heterocycles. The van der Waals surface area contributed by atoms with E-state index in [-0.39, 0.29) is 23.1 Å². The van der Waals surface area contributed by atoms with E-state index in [1.807, 2.05) is 6.92 Å². The molecule has 114 valence electrons. The maximum absolute atomic E-state index is 13.9. The number of nitrogen functional groups attached to an aromatic ring is 1. The van der Waals surface area contributed by atoms with Crippen molar-refractivity contribution in [1.29, 1.82) is 0 Å². The molecule has 0 amide bonds. The van der Waals surface area contributed by atoms with Crippen molar-refractivity contribution < 1.29 is 8.78 Å². The van der Waals surface area contributed by atoms with Gasteiger partial charge in [0.05, 0.1) is 17.3 Å². The van der Waals surface area contributed by atoms with Crippen molar-refractivity contribution in [2.45, 2.75) is 45.6 Å². The first-order valence-corrected chi connectivity index (χ1v) is 7.07. The highest BCUT2D eigenvalue weighted by atomic mass is 19.1. The van der Waals surface area contributed by atoms with Gasteiger partial charge in [-0.3, -0.25) is 0 Å². The molecule has 0 saturated carbocycles. The number of aromatic nitrogens is 4. The van der Waals surface area contributed by atoms with Crippen LogP contribution in [0.2, 0.25) is 0 Å². The average molecular weight is 295 g/mol. The third-order valence-corrected chi connectivity index (χ3v) is 3.46. The molecular formula is C14H19F2N5. The highest BCUT2D eigenvalue weighted by Gasteiger charge is 2.19. The molecule has 0 spiro atoms. The Kier molecular flexibility index (Phi) is 4.82. The number of hydrogen-bond acceptors (Lipinski definition) is 4. The number of nitrogens with zero attached hydrogens (tertiary/aromatic N) is 4. The number of tetrazole rings is 1. The van der Waals surface area contributed by atoms with Crippen LogP contribution < -0.4 is 5.73 Å². The van der Waals surface area contributed by atoms with Gasteiger partial charge in [0.25, 0.3) is 0 Å². The summed E-state index contributed by atoms with van der Waals surface area (Å²) in [6.45, 7) is 4.10. The molecule has 1 heterocycles. The fourth-order valence-corrected chi connectivity index (χ4v) is 2.22. The molecule has 0 fully saturated rings. The number of unbranched alkanes of at least 4 members (excludes halogenated alkanes) is 2. The summed E-state index contributed by atoms with van der Waals surface area (Å²) in [7, 11) is 0. The minimum absolute atomic E-state index is 0.0345. The lowest BCUT2D eigenvalue weighted by atomic mass is 10.1. The second-order valence-electron chi connectivity index (χ2n) is 5.15. The van der Waals surface area contributed by atoms with Crippen molar-refractivity contribution in [3.05, 3.63) is 23.8 Å². The Hall–Kier alpha value is -2.05. The zero-order valence-corrected chi connectivity index (χ0v) is 12.2. The molecule has 21 heavy (non-hydrogen) atoms. The second-order valence-corrected chi connectivity index (χ2v) is 5.15. The smallest absolute Gasteiger partial charge is 0.185 e. The van der Waals surface area contributed by atoms with E-state index in [0.29, 0.717) is 0 Å². The van der Waals surface area contributed by atoms with Gasteiger partial charge in [0, 0.05) is 6.07 Å². The van der Waals surface area contributed by atoms with Crippen molar-refractivity contribution >= 4 is 5.69 Å². The van der Waals surface area contributed by atoms with Crippen LogP contribution in [0, 0.1) is 11.6 Å². The first-order chi connectivity index (χ1) is 10.0. The van der Waals surface area contributed by atoms with Crippen LogP contribution in [-0.4, -0.2) is 20.2 Å². The van der Waals surface area contributed by atoms with E-state index in [9.17, 15) is 8.78 Å². The molecule has 0 aliphatic carbocycles. The SMILES string of the molecule is CCCCCC(C)n1nnnc1-c1cc(N)c(F)cc1F. The van der Waals surface area contributed by atoms with Crippen molar-refractivity contribution in [3.63, 3.8) is 0 Å². The molecule has 0 radical (unpaired) electrons. The molecular weight excluding hydrogens is 276 g/mol. The van der Waals surface area contributed by atoms with E-state index in [0.717, 1.165) is 31.7 Å². The lowest BCUT2D eigenvalue weighted by Gasteiger charge is -2.13. The molecule has 0 bridgehead atoms. The Morgan fingerprint density at radius 2 is 2.00 bits per heavy atom. The van der Waals surface area contributed by atoms with Gasteiger partial charge in [0.15, 0.2) is 5.82 Å². The summed E-state index contributed by atoms with van der Waals surface area (Å²) in [6, 6.07) is 2.02. The Morgan fingerprint density at radius 1 is 1.24 bits per heavy atom. The normalized spacial score (nSPS) is 12.6. The molecule has 2 rings (SSSR count). The topological polar surface area (TPSA) is 69.6 Å². The Labute approximate surface area is 122 Å². The Bertz CT molecular complexity index is 611. The first kappa shape index (κ1) is 15.3. The first-order valence-electron chi connectivity index (χ1n) is 7.07. The third-order valence-electron chi connectivity index (χ3n) is 3.46. The molecule has 1 atom stereocenters. The van der Waals surface area contributed by atoms with Gasteiger partial charge in [0.1, 0.15) is 11.6 Å². The maximum Gasteiger partial charge on any atom is 0.185 e. The summed E-state index contributed by atoms with van der Waals surface area (Å²) in [5.74, 6) is -1.24. The van der Waals surface area contributed by atoms with Crippen LogP contribution in [0.15, 0.2) is 12.1 Å². The van der Waals surface area contributed by atoms with Gasteiger partial charge < -0.3 is 5.73 Å². The van der Waals surface area contributed by atoms with Gasteiger partial charge in [-0.1, -0.05) is 26.2 Å². The minimum Gasteiger partial charge on any atom is -0.396 e. The van der Waals surface area contributed by atoms with Gasteiger partial charge >= 0.3 is 0 Å². The molecule has 2 N–H and O–H groups in total. The van der Waals surface area contributed by atoms with Crippen molar-refractivity contribution in [1.82, 2.24) is 20.2 Å². The van der Waals surface area contributed by atoms with Crippen molar-refractivity contribution in [3.8, 4) is 11.4 Å². The molecule has 2 aromatic rings. The quantitative estimate of drug-likeness (QED) is 0.655. The van der Waals surface area contributed by atoms with E-state index in [1.165, 1.54) is 6.07 Å². The summed E-state index contributed by atoms with van der Waals surface area (Å²) in [5.41, 5.74) is 5.49. The van der Waals surface area contributed by atoms with E-state index < -0.39 is 11.6 Å². The van der Waals surface area contributed by atoms with Gasteiger partial charge in [-0.05, 0) is 29.8 Å². The molecule has 7 heteroatoms. The van der Waals surface area contributed by atoms with Gasteiger partial charge in [0.2, 0.25) is 0 Å². The van der Waals surface area contributed by atoms with Crippen LogP contribution in [0.25, 0.3) is 11.4 Å². The average Bonchev–Trinajstić information content (AvgIpc) is 2.92. The standard InChI is InChI=1S/C14H19F2N5/c1-3-4-5-6-9(2)21-14(18-19-20-21)10-7-13(17)12(16)8-11(10)15/h7-9H,3-6,17H2,1-2H3. The highest BCUT2D eigenvalue weighted by Crippen LogP contribution is 2.27. The Morgan fingerprint density at radius 3 is 2.71 bits per heavy atom. The molecule has 0 aliphatic heterocycles. The summed E-state index contributed by atoms with van der Waals surface area (Å²) < 4.78 is 28.7. The zero-order chi connectivity index (χ0) is 15.4. The van der Waals surface area contributed by atoms with Crippen LogP contribution >= 0.6 is 0 Å². The summed E-state index contributed by atoms with van der Waals surface area (Å²) >= 11 is 0. The van der Waals surface area contributed by atoms with Crippen molar-refractivity contribution in [2.24, 2.45) is 0 Å². The van der Waals surface area contributed by atoms with E-state index in [4.69, 9.17) is 5.73 Å². The largest absolute Gasteiger partial charge is 0.396 e. The highest BCUT2D eigenvalue weighted by molar-refractivity contribution is 5.62. The van der Waals surface area contributed by atoms with Crippen LogP contribution in [-0.2, 0) is 0 Å². The molecule has 5 nitrogen and oxygen atoms in total. The number of halogens is 2. The number of hydrogen-bond donors (Lipinski definition) is 1. The summed E-state index contributed by atoms with van der Waals surface area (Å²) in [5, 5.41) is 11.4. The van der Waals surface area contributed by atoms with Gasteiger partial charge in [-0.25, -0.2) is 13.5 Å². The van der Waals surface area contributed by atoms with Crippen LogP contribution in [0.3, 0.4) is 0 Å². The van der Waals surface area contributed by atoms with E-state index >= 15 is 0 Å². The van der Waals surface area contributed by atoms with Crippen LogP contribution in [0.4, 0.5) is 14.5 Å². The van der Waals surface area contributed by atoms with Crippen LogP contribution in [0.1, 0.15) is 45.6 Å². The van der Waals surface area contributed by atoms with E-state index in [2.05, 4.69) is 22.4 Å². The van der Waals surface area contributed by atoms with E-state index in [1.54, 1.807) is 4.68 Å². The zero-order valence-electron chi connectivity index (χ0n) is 12.2. The Balaban J connectivity index is 2.30. The monoisotopic (exact) mass is 295 g/mol. The fourth-order valence-electron chi connectivity index (χ4n) is 2.22. The summed E-state index contributed by atoms with van der Waals surface area (Å²) in [6.07, 6.45) is 4.19. The molecule has 0 aliphatic rings. The predicted octanol–water partition coefficient (Wildman–Crippen LogP) is 3.34. The third kappa shape index (κ3) is 3.34.